The van der Waals surface area contributed by atoms with Crippen molar-refractivity contribution < 1.29 is 19.1 Å². The van der Waals surface area contributed by atoms with E-state index in [-0.39, 0.29) is 19.1 Å². The minimum atomic E-state index is -0.681. The molecule has 2 aromatic carbocycles. The van der Waals surface area contributed by atoms with Crippen molar-refractivity contribution in [2.75, 3.05) is 13.2 Å². The van der Waals surface area contributed by atoms with Crippen molar-refractivity contribution in [1.29, 1.82) is 0 Å². The summed E-state index contributed by atoms with van der Waals surface area (Å²) in [6, 6.07) is 16.2. The van der Waals surface area contributed by atoms with E-state index in [9.17, 15) is 14.4 Å². The lowest BCUT2D eigenvalue weighted by Gasteiger charge is -2.23. The van der Waals surface area contributed by atoms with Crippen LogP contribution in [0.25, 0.3) is 0 Å². The molecule has 1 fully saturated rings. The average Bonchev–Trinajstić information content (AvgIpc) is 3.01. The van der Waals surface area contributed by atoms with Crippen LogP contribution in [0.1, 0.15) is 40.9 Å². The Hall–Kier alpha value is -3.15. The molecule has 0 bridgehead atoms. The van der Waals surface area contributed by atoms with Crippen LogP contribution in [-0.2, 0) is 16.0 Å². The summed E-state index contributed by atoms with van der Waals surface area (Å²) < 4.78 is 4.76. The molecule has 3 rings (SSSR count). The van der Waals surface area contributed by atoms with Crippen LogP contribution in [0.3, 0.4) is 0 Å². The number of carbonyl (C=O) groups is 3. The maximum absolute atomic E-state index is 12.7. The molecule has 1 aliphatic heterocycles. The van der Waals surface area contributed by atoms with E-state index in [4.69, 9.17) is 4.74 Å². The first-order chi connectivity index (χ1) is 13.1. The largest absolute Gasteiger partial charge is 0.439 e. The van der Waals surface area contributed by atoms with Crippen molar-refractivity contribution in [2.45, 2.75) is 25.8 Å². The molecule has 1 aliphatic rings. The third-order valence-corrected chi connectivity index (χ3v) is 4.47. The number of hydrogen-bond donors (Lipinski definition) is 1. The molecule has 6 nitrogen and oxygen atoms in total. The lowest BCUT2D eigenvalue weighted by Crippen LogP contribution is -2.40. The van der Waals surface area contributed by atoms with E-state index >= 15 is 0 Å². The van der Waals surface area contributed by atoms with Gasteiger partial charge in [-0.1, -0.05) is 55.8 Å². The van der Waals surface area contributed by atoms with Crippen LogP contribution in [0.4, 0.5) is 4.79 Å². The van der Waals surface area contributed by atoms with Crippen LogP contribution in [-0.4, -0.2) is 36.0 Å². The molecular formula is C21H22N2O4. The molecule has 6 heteroatoms. The SMILES string of the molecule is CCCc1ccc(C(=O)NC(CN2C(=O)COC2=O)c2ccccc2)cc1. The Morgan fingerprint density at radius 2 is 1.81 bits per heavy atom. The predicted molar refractivity (Wildman–Crippen MR) is 100 cm³/mol. The minimum Gasteiger partial charge on any atom is -0.439 e. The molecule has 0 aromatic heterocycles. The Morgan fingerprint density at radius 3 is 2.41 bits per heavy atom. The van der Waals surface area contributed by atoms with Gasteiger partial charge in [0, 0.05) is 5.56 Å². The Labute approximate surface area is 158 Å². The second-order valence-electron chi connectivity index (χ2n) is 6.44. The number of ether oxygens (including phenoxy) is 1. The number of cyclic esters (lactones) is 1. The summed E-state index contributed by atoms with van der Waals surface area (Å²) in [5.74, 6) is -0.661. The molecule has 2 aromatic rings. The summed E-state index contributed by atoms with van der Waals surface area (Å²) >= 11 is 0. The highest BCUT2D eigenvalue weighted by Gasteiger charge is 2.33. The van der Waals surface area contributed by atoms with Crippen molar-refractivity contribution in [3.05, 3.63) is 71.3 Å². The zero-order valence-electron chi connectivity index (χ0n) is 15.2. The summed E-state index contributed by atoms with van der Waals surface area (Å²) in [4.78, 5) is 37.4. The van der Waals surface area contributed by atoms with Gasteiger partial charge in [0.25, 0.3) is 11.8 Å². The van der Waals surface area contributed by atoms with Gasteiger partial charge in [0.15, 0.2) is 6.61 Å². The minimum absolute atomic E-state index is 0.0291. The number of nitrogens with zero attached hydrogens (tertiary/aromatic N) is 1. The standard InChI is InChI=1S/C21H22N2O4/c1-2-6-15-9-11-17(12-10-15)20(25)22-18(16-7-4-3-5-8-16)13-23-19(24)14-27-21(23)26/h3-5,7-12,18H,2,6,13-14H2,1H3,(H,22,25). The summed E-state index contributed by atoms with van der Waals surface area (Å²) in [7, 11) is 0. The number of benzene rings is 2. The van der Waals surface area contributed by atoms with Gasteiger partial charge in [-0.25, -0.2) is 9.69 Å². The van der Waals surface area contributed by atoms with E-state index in [2.05, 4.69) is 12.2 Å². The Morgan fingerprint density at radius 1 is 1.11 bits per heavy atom. The van der Waals surface area contributed by atoms with Crippen LogP contribution in [0.2, 0.25) is 0 Å². The van der Waals surface area contributed by atoms with Gasteiger partial charge in [0.2, 0.25) is 0 Å². The zero-order chi connectivity index (χ0) is 19.2. The summed E-state index contributed by atoms with van der Waals surface area (Å²) in [6.07, 6.45) is 1.33. The molecule has 140 valence electrons. The number of hydrogen-bond acceptors (Lipinski definition) is 4. The number of nitrogens with one attached hydrogen (secondary N) is 1. The van der Waals surface area contributed by atoms with Gasteiger partial charge in [0.05, 0.1) is 12.6 Å². The smallest absolute Gasteiger partial charge is 0.417 e. The van der Waals surface area contributed by atoms with Crippen LogP contribution >= 0.6 is 0 Å². The first kappa shape index (κ1) is 18.6. The van der Waals surface area contributed by atoms with Gasteiger partial charge in [-0.05, 0) is 29.7 Å². The number of aryl methyl sites for hydroxylation is 1. The highest BCUT2D eigenvalue weighted by Crippen LogP contribution is 2.18. The fourth-order valence-electron chi connectivity index (χ4n) is 3.01. The third-order valence-electron chi connectivity index (χ3n) is 4.47. The molecule has 1 saturated heterocycles. The molecule has 0 saturated carbocycles. The Kier molecular flexibility index (Phi) is 5.86. The summed E-state index contributed by atoms with van der Waals surface area (Å²) in [6.45, 7) is 1.88. The maximum Gasteiger partial charge on any atom is 0.417 e. The zero-order valence-corrected chi connectivity index (χ0v) is 15.2. The molecular weight excluding hydrogens is 344 g/mol. The fourth-order valence-corrected chi connectivity index (χ4v) is 3.01. The Balaban J connectivity index is 1.77. The fraction of sp³-hybridized carbons (Fsp3) is 0.286. The van der Waals surface area contributed by atoms with E-state index in [1.807, 2.05) is 42.5 Å². The molecule has 1 atom stereocenters. The van der Waals surface area contributed by atoms with Gasteiger partial charge in [-0.15, -0.1) is 0 Å². The van der Waals surface area contributed by atoms with E-state index in [0.717, 1.165) is 23.3 Å². The summed E-state index contributed by atoms with van der Waals surface area (Å²) in [5, 5.41) is 2.93. The van der Waals surface area contributed by atoms with Crippen LogP contribution < -0.4 is 5.32 Å². The van der Waals surface area contributed by atoms with Crippen LogP contribution in [0, 0.1) is 0 Å². The first-order valence-corrected chi connectivity index (χ1v) is 9.00. The lowest BCUT2D eigenvalue weighted by molar-refractivity contribution is -0.126. The molecule has 0 spiro atoms. The second-order valence-corrected chi connectivity index (χ2v) is 6.44. The molecule has 1 N–H and O–H groups in total. The first-order valence-electron chi connectivity index (χ1n) is 9.00. The number of rotatable bonds is 7. The van der Waals surface area contributed by atoms with Crippen LogP contribution in [0.15, 0.2) is 54.6 Å². The second kappa shape index (κ2) is 8.49. The van der Waals surface area contributed by atoms with Crippen molar-refractivity contribution in [3.63, 3.8) is 0 Å². The monoisotopic (exact) mass is 366 g/mol. The van der Waals surface area contributed by atoms with E-state index < -0.39 is 18.0 Å². The van der Waals surface area contributed by atoms with E-state index in [1.54, 1.807) is 12.1 Å². The number of amides is 3. The highest BCUT2D eigenvalue weighted by molar-refractivity contribution is 5.98. The molecule has 1 unspecified atom stereocenters. The Bertz CT molecular complexity index is 802. The van der Waals surface area contributed by atoms with E-state index in [1.165, 1.54) is 5.56 Å². The van der Waals surface area contributed by atoms with E-state index in [0.29, 0.717) is 5.56 Å². The summed E-state index contributed by atoms with van der Waals surface area (Å²) in [5.41, 5.74) is 2.52. The molecule has 0 radical (unpaired) electrons. The van der Waals surface area contributed by atoms with Gasteiger partial charge >= 0.3 is 6.09 Å². The number of imide groups is 1. The van der Waals surface area contributed by atoms with Crippen molar-refractivity contribution >= 4 is 17.9 Å². The van der Waals surface area contributed by atoms with Gasteiger partial charge < -0.3 is 10.1 Å². The van der Waals surface area contributed by atoms with Gasteiger partial charge in [-0.3, -0.25) is 9.59 Å². The van der Waals surface area contributed by atoms with Crippen molar-refractivity contribution in [1.82, 2.24) is 10.2 Å². The molecule has 1 heterocycles. The maximum atomic E-state index is 12.7. The predicted octanol–water partition coefficient (Wildman–Crippen LogP) is 3.09. The topological polar surface area (TPSA) is 75.7 Å². The van der Waals surface area contributed by atoms with Crippen molar-refractivity contribution in [2.24, 2.45) is 0 Å². The lowest BCUT2D eigenvalue weighted by atomic mass is 10.0. The normalized spacial score (nSPS) is 14.8. The van der Waals surface area contributed by atoms with Crippen molar-refractivity contribution in [3.8, 4) is 0 Å². The number of carbonyl (C=O) groups excluding carboxylic acids is 3. The molecule has 27 heavy (non-hydrogen) atoms. The molecule has 3 amide bonds. The third kappa shape index (κ3) is 4.53. The average molecular weight is 366 g/mol. The highest BCUT2D eigenvalue weighted by atomic mass is 16.6. The molecule has 0 aliphatic carbocycles. The van der Waals surface area contributed by atoms with Crippen LogP contribution in [0.5, 0.6) is 0 Å². The van der Waals surface area contributed by atoms with Gasteiger partial charge in [0.1, 0.15) is 0 Å². The van der Waals surface area contributed by atoms with Gasteiger partial charge in [-0.2, -0.15) is 0 Å². The quantitative estimate of drug-likeness (QED) is 0.817.